The summed E-state index contributed by atoms with van der Waals surface area (Å²) in [5, 5.41) is 2.05. The molecule has 0 saturated carbocycles. The van der Waals surface area contributed by atoms with E-state index in [1.807, 2.05) is 4.90 Å². The first-order valence-corrected chi connectivity index (χ1v) is 5.36. The van der Waals surface area contributed by atoms with E-state index < -0.39 is 6.03 Å². The molecule has 0 radical (unpaired) electrons. The molecule has 0 aromatic rings. The minimum atomic E-state index is -0.799. The van der Waals surface area contributed by atoms with Gasteiger partial charge in [0.2, 0.25) is 5.91 Å². The fourth-order valence-corrected chi connectivity index (χ4v) is 1.73. The summed E-state index contributed by atoms with van der Waals surface area (Å²) in [5.74, 6) is -0.347. The van der Waals surface area contributed by atoms with Crippen LogP contribution >= 0.6 is 0 Å². The molecule has 7 heteroatoms. The van der Waals surface area contributed by atoms with Gasteiger partial charge in [0.25, 0.3) is 0 Å². The van der Waals surface area contributed by atoms with Gasteiger partial charge >= 0.3 is 6.03 Å². The van der Waals surface area contributed by atoms with Crippen LogP contribution in [0.15, 0.2) is 0 Å². The summed E-state index contributed by atoms with van der Waals surface area (Å²) >= 11 is 0. The maximum atomic E-state index is 11.2. The number of hydrogen-bond acceptors (Lipinski definition) is 5. The topological polar surface area (TPSA) is 105 Å². The number of hydrogen-bond donors (Lipinski definition) is 3. The quantitative estimate of drug-likeness (QED) is 0.505. The van der Waals surface area contributed by atoms with Crippen molar-refractivity contribution in [1.29, 1.82) is 0 Å². The number of nitrogens with two attached hydrogens (primary N) is 2. The summed E-state index contributed by atoms with van der Waals surface area (Å²) in [6.07, 6.45) is 0. The Balaban J connectivity index is 2.21. The Morgan fingerprint density at radius 1 is 1.12 bits per heavy atom. The number of carbonyl (C=O) groups is 2. The molecule has 0 bridgehead atoms. The van der Waals surface area contributed by atoms with Crippen molar-refractivity contribution in [3.8, 4) is 0 Å². The molecule has 1 saturated heterocycles. The molecule has 5 N–H and O–H groups in total. The standard InChI is InChI=1S/C9H19N5O2/c10-1-2-13-3-5-14(6-4-13)7-8(15)12-9(11)16/h1-7,10H2,(H3,11,12,15,16). The van der Waals surface area contributed by atoms with Crippen LogP contribution in [0.4, 0.5) is 4.79 Å². The summed E-state index contributed by atoms with van der Waals surface area (Å²) in [4.78, 5) is 25.9. The van der Waals surface area contributed by atoms with E-state index in [0.717, 1.165) is 32.7 Å². The van der Waals surface area contributed by atoms with Gasteiger partial charge in [-0.05, 0) is 0 Å². The normalized spacial score (nSPS) is 18.3. The van der Waals surface area contributed by atoms with Gasteiger partial charge in [-0.15, -0.1) is 0 Å². The zero-order chi connectivity index (χ0) is 12.0. The largest absolute Gasteiger partial charge is 0.351 e. The van der Waals surface area contributed by atoms with Crippen molar-refractivity contribution in [2.45, 2.75) is 0 Å². The summed E-state index contributed by atoms with van der Waals surface area (Å²) in [5.41, 5.74) is 10.3. The average Bonchev–Trinajstić information content (AvgIpc) is 2.20. The molecule has 1 fully saturated rings. The highest BCUT2D eigenvalue weighted by Gasteiger charge is 2.18. The van der Waals surface area contributed by atoms with Crippen LogP contribution in [-0.4, -0.2) is 67.6 Å². The Kier molecular flexibility index (Phi) is 5.17. The molecule has 0 spiro atoms. The number of primary amides is 1. The summed E-state index contributed by atoms with van der Waals surface area (Å²) in [6.45, 7) is 5.20. The van der Waals surface area contributed by atoms with Crippen molar-refractivity contribution in [3.05, 3.63) is 0 Å². The van der Waals surface area contributed by atoms with Gasteiger partial charge in [-0.2, -0.15) is 0 Å². The van der Waals surface area contributed by atoms with Crippen LogP contribution in [0.2, 0.25) is 0 Å². The van der Waals surface area contributed by atoms with E-state index in [2.05, 4.69) is 10.2 Å². The SMILES string of the molecule is NCCN1CCN(CC(=O)NC(N)=O)CC1. The zero-order valence-electron chi connectivity index (χ0n) is 9.32. The van der Waals surface area contributed by atoms with E-state index in [1.165, 1.54) is 0 Å². The van der Waals surface area contributed by atoms with Crippen molar-refractivity contribution < 1.29 is 9.59 Å². The lowest BCUT2D eigenvalue weighted by Crippen LogP contribution is -2.51. The van der Waals surface area contributed by atoms with Gasteiger partial charge in [-0.3, -0.25) is 19.9 Å². The van der Waals surface area contributed by atoms with Crippen LogP contribution in [0.1, 0.15) is 0 Å². The lowest BCUT2D eigenvalue weighted by Gasteiger charge is -2.33. The van der Waals surface area contributed by atoms with Gasteiger partial charge in [0.1, 0.15) is 0 Å². The second kappa shape index (κ2) is 6.41. The third-order valence-electron chi connectivity index (χ3n) is 2.54. The third kappa shape index (κ3) is 4.56. The van der Waals surface area contributed by atoms with E-state index in [4.69, 9.17) is 11.5 Å². The third-order valence-corrected chi connectivity index (χ3v) is 2.54. The Labute approximate surface area is 94.7 Å². The van der Waals surface area contributed by atoms with Gasteiger partial charge in [0.15, 0.2) is 0 Å². The first-order valence-electron chi connectivity index (χ1n) is 5.36. The first-order chi connectivity index (χ1) is 7.61. The lowest BCUT2D eigenvalue weighted by atomic mass is 10.3. The second-order valence-corrected chi connectivity index (χ2v) is 3.82. The highest BCUT2D eigenvalue weighted by atomic mass is 16.2. The molecular weight excluding hydrogens is 210 g/mol. The Morgan fingerprint density at radius 2 is 1.69 bits per heavy atom. The van der Waals surface area contributed by atoms with Crippen molar-refractivity contribution >= 4 is 11.9 Å². The van der Waals surface area contributed by atoms with Crippen LogP contribution in [0.3, 0.4) is 0 Å². The van der Waals surface area contributed by atoms with Gasteiger partial charge in [0.05, 0.1) is 6.54 Å². The second-order valence-electron chi connectivity index (χ2n) is 3.82. The lowest BCUT2D eigenvalue weighted by molar-refractivity contribution is -0.121. The molecule has 1 aliphatic heterocycles. The van der Waals surface area contributed by atoms with Crippen molar-refractivity contribution in [2.75, 3.05) is 45.8 Å². The predicted molar refractivity (Wildman–Crippen MR) is 59.7 cm³/mol. The van der Waals surface area contributed by atoms with Crippen molar-refractivity contribution in [1.82, 2.24) is 15.1 Å². The molecule has 0 aromatic carbocycles. The first kappa shape index (κ1) is 12.9. The summed E-state index contributed by atoms with van der Waals surface area (Å²) < 4.78 is 0. The van der Waals surface area contributed by atoms with Gasteiger partial charge in [0, 0.05) is 39.3 Å². The molecular formula is C9H19N5O2. The van der Waals surface area contributed by atoms with Crippen LogP contribution in [0.25, 0.3) is 0 Å². The number of rotatable bonds is 4. The minimum absolute atomic E-state index is 0.222. The molecule has 1 heterocycles. The molecule has 3 amide bonds. The number of carbonyl (C=O) groups excluding carboxylic acids is 2. The molecule has 0 aromatic heterocycles. The summed E-state index contributed by atoms with van der Waals surface area (Å²) in [7, 11) is 0. The number of urea groups is 1. The smallest absolute Gasteiger partial charge is 0.318 e. The van der Waals surface area contributed by atoms with E-state index in [9.17, 15) is 9.59 Å². The Morgan fingerprint density at radius 3 is 2.19 bits per heavy atom. The molecule has 1 rings (SSSR count). The van der Waals surface area contributed by atoms with Crippen LogP contribution < -0.4 is 16.8 Å². The fraction of sp³-hybridized carbons (Fsp3) is 0.778. The number of imide groups is 1. The van der Waals surface area contributed by atoms with E-state index in [1.54, 1.807) is 0 Å². The van der Waals surface area contributed by atoms with Gasteiger partial charge < -0.3 is 11.5 Å². The van der Waals surface area contributed by atoms with E-state index in [-0.39, 0.29) is 12.5 Å². The average molecular weight is 229 g/mol. The van der Waals surface area contributed by atoms with E-state index in [0.29, 0.717) is 6.54 Å². The maximum absolute atomic E-state index is 11.2. The number of amides is 3. The predicted octanol–water partition coefficient (Wildman–Crippen LogP) is -2.24. The van der Waals surface area contributed by atoms with Crippen LogP contribution in [0.5, 0.6) is 0 Å². The molecule has 0 atom stereocenters. The van der Waals surface area contributed by atoms with Crippen molar-refractivity contribution in [2.24, 2.45) is 11.5 Å². The summed E-state index contributed by atoms with van der Waals surface area (Å²) in [6, 6.07) is -0.799. The minimum Gasteiger partial charge on any atom is -0.351 e. The molecule has 1 aliphatic rings. The monoisotopic (exact) mass is 229 g/mol. The molecule has 0 unspecified atom stereocenters. The molecule has 0 aliphatic carbocycles. The van der Waals surface area contributed by atoms with Crippen LogP contribution in [-0.2, 0) is 4.79 Å². The van der Waals surface area contributed by atoms with E-state index >= 15 is 0 Å². The molecule has 92 valence electrons. The van der Waals surface area contributed by atoms with Gasteiger partial charge in [-0.1, -0.05) is 0 Å². The van der Waals surface area contributed by atoms with Crippen LogP contribution in [0, 0.1) is 0 Å². The number of nitrogens with zero attached hydrogens (tertiary/aromatic N) is 2. The highest BCUT2D eigenvalue weighted by Crippen LogP contribution is 1.99. The number of piperazine rings is 1. The van der Waals surface area contributed by atoms with Gasteiger partial charge in [-0.25, -0.2) is 4.79 Å². The molecule has 7 nitrogen and oxygen atoms in total. The number of nitrogens with one attached hydrogen (secondary N) is 1. The zero-order valence-corrected chi connectivity index (χ0v) is 9.32. The highest BCUT2D eigenvalue weighted by molar-refractivity contribution is 5.94. The Hall–Kier alpha value is -1.18. The fourth-order valence-electron chi connectivity index (χ4n) is 1.73. The van der Waals surface area contributed by atoms with Crippen molar-refractivity contribution in [3.63, 3.8) is 0 Å². The molecule has 16 heavy (non-hydrogen) atoms. The Bertz CT molecular complexity index is 250. The maximum Gasteiger partial charge on any atom is 0.318 e.